The number of halogens is 1. The summed E-state index contributed by atoms with van der Waals surface area (Å²) in [6.07, 6.45) is 5.78. The number of carbonyl (C=O) groups is 1. The summed E-state index contributed by atoms with van der Waals surface area (Å²) in [7, 11) is 2.08. The third kappa shape index (κ3) is 3.95. The van der Waals surface area contributed by atoms with Crippen molar-refractivity contribution in [3.63, 3.8) is 0 Å². The lowest BCUT2D eigenvalue weighted by molar-refractivity contribution is -0.141. The summed E-state index contributed by atoms with van der Waals surface area (Å²) in [5.74, 6) is -0.679. The molecule has 0 spiro atoms. The molecular weight excluding hydrogens is 365 g/mol. The van der Waals surface area contributed by atoms with E-state index >= 15 is 0 Å². The van der Waals surface area contributed by atoms with Crippen molar-refractivity contribution in [2.45, 2.75) is 50.6 Å². The summed E-state index contributed by atoms with van der Waals surface area (Å²) >= 11 is 2.30. The van der Waals surface area contributed by atoms with Gasteiger partial charge in [-0.3, -0.25) is 9.69 Å². The molecule has 0 aliphatic heterocycles. The van der Waals surface area contributed by atoms with Gasteiger partial charge in [0.2, 0.25) is 0 Å². The number of nitrogens with zero attached hydrogens (tertiary/aromatic N) is 1. The van der Waals surface area contributed by atoms with Crippen LogP contribution < -0.4 is 0 Å². The molecule has 0 radical (unpaired) electrons. The Labute approximate surface area is 134 Å². The van der Waals surface area contributed by atoms with Crippen LogP contribution in [0.15, 0.2) is 24.3 Å². The van der Waals surface area contributed by atoms with Crippen molar-refractivity contribution >= 4 is 28.6 Å². The van der Waals surface area contributed by atoms with E-state index in [0.717, 1.165) is 32.2 Å². The average molecular weight is 387 g/mol. The highest BCUT2D eigenvalue weighted by Gasteiger charge is 2.37. The van der Waals surface area contributed by atoms with Gasteiger partial charge in [0.15, 0.2) is 0 Å². The molecule has 3 nitrogen and oxygen atoms in total. The standard InChI is InChI=1S/C16H22INO2/c1-18(12-13-5-7-14(17)8-6-13)16(11-15(19)20)9-3-2-4-10-16/h5-8H,2-4,9-12H2,1H3,(H,19,20). The van der Waals surface area contributed by atoms with Crippen molar-refractivity contribution in [3.05, 3.63) is 33.4 Å². The monoisotopic (exact) mass is 387 g/mol. The Morgan fingerprint density at radius 2 is 1.85 bits per heavy atom. The molecule has 1 fully saturated rings. The second-order valence-electron chi connectivity index (χ2n) is 5.84. The molecule has 0 bridgehead atoms. The summed E-state index contributed by atoms with van der Waals surface area (Å²) in [6.45, 7) is 0.824. The Morgan fingerprint density at radius 3 is 2.40 bits per heavy atom. The summed E-state index contributed by atoms with van der Waals surface area (Å²) < 4.78 is 1.23. The number of carboxylic acid groups (broad SMARTS) is 1. The second kappa shape index (κ2) is 6.89. The SMILES string of the molecule is CN(Cc1ccc(I)cc1)C1(CC(=O)O)CCCCC1. The minimum atomic E-state index is -0.679. The van der Waals surface area contributed by atoms with Crippen LogP contribution in [0.5, 0.6) is 0 Å². The van der Waals surface area contributed by atoms with Crippen molar-refractivity contribution < 1.29 is 9.90 Å². The van der Waals surface area contributed by atoms with Crippen LogP contribution in [0.3, 0.4) is 0 Å². The third-order valence-electron chi connectivity index (χ3n) is 4.41. The van der Waals surface area contributed by atoms with Crippen LogP contribution in [0.4, 0.5) is 0 Å². The highest BCUT2D eigenvalue weighted by atomic mass is 127. The van der Waals surface area contributed by atoms with Crippen LogP contribution in [0.25, 0.3) is 0 Å². The molecule has 20 heavy (non-hydrogen) atoms. The topological polar surface area (TPSA) is 40.5 Å². The van der Waals surface area contributed by atoms with Crippen molar-refractivity contribution in [1.82, 2.24) is 4.90 Å². The molecule has 1 N–H and O–H groups in total. The van der Waals surface area contributed by atoms with Crippen molar-refractivity contribution in [2.75, 3.05) is 7.05 Å². The zero-order valence-electron chi connectivity index (χ0n) is 11.9. The van der Waals surface area contributed by atoms with E-state index in [4.69, 9.17) is 0 Å². The quantitative estimate of drug-likeness (QED) is 0.780. The van der Waals surface area contributed by atoms with Gasteiger partial charge >= 0.3 is 5.97 Å². The second-order valence-corrected chi connectivity index (χ2v) is 7.08. The minimum absolute atomic E-state index is 0.160. The molecule has 0 heterocycles. The zero-order valence-corrected chi connectivity index (χ0v) is 14.1. The Morgan fingerprint density at radius 1 is 1.25 bits per heavy atom. The van der Waals surface area contributed by atoms with E-state index in [9.17, 15) is 9.90 Å². The molecule has 1 saturated carbocycles. The summed E-state index contributed by atoms with van der Waals surface area (Å²) in [5.41, 5.74) is 1.09. The predicted molar refractivity (Wildman–Crippen MR) is 88.7 cm³/mol. The fraction of sp³-hybridized carbons (Fsp3) is 0.562. The maximum absolute atomic E-state index is 11.2. The normalized spacial score (nSPS) is 18.1. The number of benzene rings is 1. The van der Waals surface area contributed by atoms with Gasteiger partial charge in [-0.25, -0.2) is 0 Å². The van der Waals surface area contributed by atoms with E-state index in [-0.39, 0.29) is 12.0 Å². The first-order valence-electron chi connectivity index (χ1n) is 7.19. The summed E-state index contributed by atoms with van der Waals surface area (Å²) in [5, 5.41) is 9.25. The summed E-state index contributed by atoms with van der Waals surface area (Å²) in [4.78, 5) is 13.5. The van der Waals surface area contributed by atoms with Gasteiger partial charge in [-0.1, -0.05) is 31.4 Å². The molecule has 0 atom stereocenters. The van der Waals surface area contributed by atoms with E-state index in [2.05, 4.69) is 58.8 Å². The van der Waals surface area contributed by atoms with Gasteiger partial charge in [0.05, 0.1) is 6.42 Å². The smallest absolute Gasteiger partial charge is 0.305 e. The molecule has 0 unspecified atom stereocenters. The average Bonchev–Trinajstić information content (AvgIpc) is 2.41. The highest BCUT2D eigenvalue weighted by Crippen LogP contribution is 2.36. The first kappa shape index (κ1) is 15.8. The number of carboxylic acids is 1. The Bertz CT molecular complexity index is 452. The fourth-order valence-corrected chi connectivity index (χ4v) is 3.58. The Hall–Kier alpha value is -0.620. The highest BCUT2D eigenvalue weighted by molar-refractivity contribution is 14.1. The van der Waals surface area contributed by atoms with Crippen LogP contribution in [-0.2, 0) is 11.3 Å². The number of hydrogen-bond donors (Lipinski definition) is 1. The van der Waals surface area contributed by atoms with Gasteiger partial charge in [0, 0.05) is 15.7 Å². The largest absolute Gasteiger partial charge is 0.481 e. The van der Waals surface area contributed by atoms with Crippen LogP contribution in [-0.4, -0.2) is 28.6 Å². The number of hydrogen-bond acceptors (Lipinski definition) is 2. The lowest BCUT2D eigenvalue weighted by Gasteiger charge is -2.44. The van der Waals surface area contributed by atoms with Gasteiger partial charge < -0.3 is 5.11 Å². The molecular formula is C16H22INO2. The van der Waals surface area contributed by atoms with Gasteiger partial charge in [-0.05, 0) is 60.2 Å². The van der Waals surface area contributed by atoms with E-state index < -0.39 is 5.97 Å². The molecule has 2 rings (SSSR count). The Balaban J connectivity index is 2.11. The van der Waals surface area contributed by atoms with Crippen LogP contribution >= 0.6 is 22.6 Å². The molecule has 1 aliphatic carbocycles. The number of aliphatic carboxylic acids is 1. The van der Waals surface area contributed by atoms with Crippen LogP contribution in [0.2, 0.25) is 0 Å². The van der Waals surface area contributed by atoms with Crippen molar-refractivity contribution in [1.29, 1.82) is 0 Å². The third-order valence-corrected chi connectivity index (χ3v) is 5.13. The van der Waals surface area contributed by atoms with E-state index in [0.29, 0.717) is 0 Å². The molecule has 1 aliphatic rings. The van der Waals surface area contributed by atoms with Crippen molar-refractivity contribution in [2.24, 2.45) is 0 Å². The van der Waals surface area contributed by atoms with Gasteiger partial charge in [0.25, 0.3) is 0 Å². The lowest BCUT2D eigenvalue weighted by atomic mass is 9.78. The first-order valence-corrected chi connectivity index (χ1v) is 8.27. The van der Waals surface area contributed by atoms with E-state index in [1.807, 2.05) is 0 Å². The molecule has 0 amide bonds. The van der Waals surface area contributed by atoms with Crippen LogP contribution in [0, 0.1) is 3.57 Å². The molecule has 0 saturated heterocycles. The Kier molecular flexibility index (Phi) is 5.43. The lowest BCUT2D eigenvalue weighted by Crippen LogP contribution is -2.49. The van der Waals surface area contributed by atoms with E-state index in [1.165, 1.54) is 15.6 Å². The van der Waals surface area contributed by atoms with Gasteiger partial charge in [-0.15, -0.1) is 0 Å². The van der Waals surface area contributed by atoms with Gasteiger partial charge in [0.1, 0.15) is 0 Å². The van der Waals surface area contributed by atoms with Gasteiger partial charge in [-0.2, -0.15) is 0 Å². The van der Waals surface area contributed by atoms with E-state index in [1.54, 1.807) is 0 Å². The first-order chi connectivity index (χ1) is 9.52. The number of rotatable bonds is 5. The molecule has 1 aromatic carbocycles. The fourth-order valence-electron chi connectivity index (χ4n) is 3.22. The molecule has 110 valence electrons. The molecule has 1 aromatic rings. The molecule has 4 heteroatoms. The summed E-state index contributed by atoms with van der Waals surface area (Å²) in [6, 6.07) is 8.48. The zero-order chi connectivity index (χ0) is 14.6. The van der Waals surface area contributed by atoms with Crippen LogP contribution in [0.1, 0.15) is 44.1 Å². The molecule has 0 aromatic heterocycles. The maximum Gasteiger partial charge on any atom is 0.305 e. The van der Waals surface area contributed by atoms with Crippen molar-refractivity contribution in [3.8, 4) is 0 Å². The maximum atomic E-state index is 11.2. The minimum Gasteiger partial charge on any atom is -0.481 e. The predicted octanol–water partition coefficient (Wildman–Crippen LogP) is 3.90.